The highest BCUT2D eigenvalue weighted by atomic mass is 32.2. The Morgan fingerprint density at radius 3 is 2.63 bits per heavy atom. The molecule has 0 spiro atoms. The fraction of sp³-hybridized carbons (Fsp3) is 0.190. The first kappa shape index (κ1) is 17.7. The summed E-state index contributed by atoms with van der Waals surface area (Å²) in [7, 11) is 0. The van der Waals surface area contributed by atoms with E-state index in [1.54, 1.807) is 0 Å². The molecule has 3 N–H and O–H groups in total. The molecule has 5 nitrogen and oxygen atoms in total. The first-order chi connectivity index (χ1) is 13.2. The molecular weight excluding hydrogens is 360 g/mol. The average molecular weight is 380 g/mol. The van der Waals surface area contributed by atoms with Crippen molar-refractivity contribution in [1.29, 1.82) is 0 Å². The van der Waals surface area contributed by atoms with Crippen LogP contribution in [-0.4, -0.2) is 38.1 Å². The van der Waals surface area contributed by atoms with Gasteiger partial charge in [-0.05, 0) is 11.6 Å². The van der Waals surface area contributed by atoms with E-state index in [-0.39, 0.29) is 6.61 Å². The summed E-state index contributed by atoms with van der Waals surface area (Å²) in [6.07, 6.45) is 4.18. The van der Waals surface area contributed by atoms with E-state index in [9.17, 15) is 15.0 Å². The smallest absolute Gasteiger partial charge is 0.327 e. The van der Waals surface area contributed by atoms with Gasteiger partial charge in [0.25, 0.3) is 0 Å². The lowest BCUT2D eigenvalue weighted by Gasteiger charge is -2.17. The monoisotopic (exact) mass is 380 g/mol. The molecule has 0 aliphatic rings. The van der Waals surface area contributed by atoms with Crippen LogP contribution in [0.15, 0.2) is 66.0 Å². The number of hydrogen-bond acceptors (Lipinski definition) is 3. The maximum Gasteiger partial charge on any atom is 0.327 e. The Bertz CT molecular complexity index is 1100. The molecule has 0 aliphatic carbocycles. The molecule has 0 saturated heterocycles. The lowest BCUT2D eigenvalue weighted by atomic mass is 10.0. The second kappa shape index (κ2) is 7.50. The van der Waals surface area contributed by atoms with Crippen molar-refractivity contribution in [2.24, 2.45) is 0 Å². The van der Waals surface area contributed by atoms with Crippen molar-refractivity contribution in [1.82, 2.24) is 9.55 Å². The van der Waals surface area contributed by atoms with Crippen molar-refractivity contribution in [3.8, 4) is 0 Å². The summed E-state index contributed by atoms with van der Waals surface area (Å²) in [6.45, 7) is 0.0460. The Labute approximate surface area is 160 Å². The summed E-state index contributed by atoms with van der Waals surface area (Å²) in [5.41, 5.74) is 1.98. The number of benzene rings is 2. The van der Waals surface area contributed by atoms with Gasteiger partial charge in [0.1, 0.15) is 6.04 Å². The van der Waals surface area contributed by atoms with E-state index in [4.69, 9.17) is 0 Å². The number of fused-ring (bicyclic) bond motifs is 2. The quantitative estimate of drug-likeness (QED) is 0.422. The molecule has 0 aliphatic heterocycles. The molecule has 2 heterocycles. The van der Waals surface area contributed by atoms with E-state index in [1.165, 1.54) is 11.8 Å². The fourth-order valence-electron chi connectivity index (χ4n) is 3.49. The summed E-state index contributed by atoms with van der Waals surface area (Å²) in [5.74, 6) is -0.348. The number of thioether (sulfide) groups is 1. The van der Waals surface area contributed by atoms with E-state index in [0.29, 0.717) is 12.2 Å². The van der Waals surface area contributed by atoms with E-state index >= 15 is 0 Å². The number of carboxylic acid groups (broad SMARTS) is 1. The molecule has 0 amide bonds. The van der Waals surface area contributed by atoms with Crippen molar-refractivity contribution in [3.63, 3.8) is 0 Å². The zero-order valence-corrected chi connectivity index (χ0v) is 15.4. The van der Waals surface area contributed by atoms with Crippen molar-refractivity contribution in [2.45, 2.75) is 17.5 Å². The number of aliphatic carboxylic acids is 1. The van der Waals surface area contributed by atoms with Crippen LogP contribution in [0.5, 0.6) is 0 Å². The predicted molar refractivity (Wildman–Crippen MR) is 108 cm³/mol. The second-order valence-electron chi connectivity index (χ2n) is 6.42. The Morgan fingerprint density at radius 1 is 1.11 bits per heavy atom. The van der Waals surface area contributed by atoms with Crippen LogP contribution in [0, 0.1) is 0 Å². The normalized spacial score (nSPS) is 12.6. The number of carboxylic acids is 1. The highest BCUT2D eigenvalue weighted by Crippen LogP contribution is 2.34. The highest BCUT2D eigenvalue weighted by molar-refractivity contribution is 7.99. The Balaban J connectivity index is 1.79. The first-order valence-corrected chi connectivity index (χ1v) is 9.78. The molecule has 4 aromatic rings. The standard InChI is InChI=1S/C21H20N2O3S/c24-9-10-27-20-17-7-2-1-5-14(17)13-23(20)19(21(25)26)11-15-12-22-18-8-4-3-6-16(15)18/h1-8,12-13,19,22,24H,9-11H2,(H,25,26). The zero-order chi connectivity index (χ0) is 18.8. The molecule has 0 fully saturated rings. The molecule has 1 unspecified atom stereocenters. The number of hydrogen-bond donors (Lipinski definition) is 3. The number of aromatic nitrogens is 2. The molecule has 4 rings (SSSR count). The van der Waals surface area contributed by atoms with Gasteiger partial charge < -0.3 is 19.8 Å². The molecule has 2 aromatic carbocycles. The van der Waals surface area contributed by atoms with Crippen LogP contribution < -0.4 is 0 Å². The molecule has 2 aromatic heterocycles. The molecule has 27 heavy (non-hydrogen) atoms. The van der Waals surface area contributed by atoms with Crippen LogP contribution in [-0.2, 0) is 11.2 Å². The number of H-pyrrole nitrogens is 1. The lowest BCUT2D eigenvalue weighted by Crippen LogP contribution is -2.21. The molecule has 0 bridgehead atoms. The van der Waals surface area contributed by atoms with E-state index in [0.717, 1.165) is 32.3 Å². The topological polar surface area (TPSA) is 78.2 Å². The minimum Gasteiger partial charge on any atom is -0.480 e. The summed E-state index contributed by atoms with van der Waals surface area (Å²) < 4.78 is 1.84. The number of carbonyl (C=O) groups is 1. The van der Waals surface area contributed by atoms with Gasteiger partial charge in [-0.2, -0.15) is 0 Å². The first-order valence-electron chi connectivity index (χ1n) is 8.80. The zero-order valence-electron chi connectivity index (χ0n) is 14.6. The third-order valence-electron chi connectivity index (χ3n) is 4.74. The number of aliphatic hydroxyl groups is 1. The maximum atomic E-state index is 12.2. The summed E-state index contributed by atoms with van der Waals surface area (Å²) in [5, 5.41) is 23.2. The Kier molecular flexibility index (Phi) is 4.92. The maximum absolute atomic E-state index is 12.2. The fourth-order valence-corrected chi connectivity index (χ4v) is 4.45. The van der Waals surface area contributed by atoms with Gasteiger partial charge in [0.15, 0.2) is 0 Å². The summed E-state index contributed by atoms with van der Waals surface area (Å²) >= 11 is 1.49. The van der Waals surface area contributed by atoms with Crippen LogP contribution in [0.25, 0.3) is 21.7 Å². The highest BCUT2D eigenvalue weighted by Gasteiger charge is 2.25. The van der Waals surface area contributed by atoms with Gasteiger partial charge in [-0.3, -0.25) is 0 Å². The Hall–Kier alpha value is -2.70. The third kappa shape index (κ3) is 3.34. The number of nitrogens with zero attached hydrogens (tertiary/aromatic N) is 1. The van der Waals surface area contributed by atoms with Crippen molar-refractivity contribution >= 4 is 39.4 Å². The van der Waals surface area contributed by atoms with Crippen LogP contribution in [0.3, 0.4) is 0 Å². The van der Waals surface area contributed by atoms with Gasteiger partial charge in [0, 0.05) is 46.2 Å². The van der Waals surface area contributed by atoms with E-state index in [1.807, 2.05) is 65.5 Å². The number of aromatic amines is 1. The molecule has 138 valence electrons. The Morgan fingerprint density at radius 2 is 1.85 bits per heavy atom. The molecule has 0 radical (unpaired) electrons. The largest absolute Gasteiger partial charge is 0.480 e. The van der Waals surface area contributed by atoms with E-state index in [2.05, 4.69) is 4.98 Å². The number of aliphatic hydroxyl groups excluding tert-OH is 1. The van der Waals surface area contributed by atoms with Gasteiger partial charge in [-0.15, -0.1) is 11.8 Å². The summed E-state index contributed by atoms with van der Waals surface area (Å²) in [4.78, 5) is 15.4. The lowest BCUT2D eigenvalue weighted by molar-refractivity contribution is -0.141. The van der Waals surface area contributed by atoms with Crippen LogP contribution in [0.2, 0.25) is 0 Å². The van der Waals surface area contributed by atoms with Crippen LogP contribution >= 0.6 is 11.8 Å². The average Bonchev–Trinajstić information content (AvgIpc) is 3.25. The van der Waals surface area contributed by atoms with Crippen LogP contribution in [0.4, 0.5) is 0 Å². The number of para-hydroxylation sites is 1. The van der Waals surface area contributed by atoms with Gasteiger partial charge >= 0.3 is 5.97 Å². The SMILES string of the molecule is O=C(O)C(Cc1c[nH]c2ccccc12)n1cc2ccccc2c1SCCO. The van der Waals surface area contributed by atoms with Gasteiger partial charge in [0.2, 0.25) is 0 Å². The second-order valence-corrected chi connectivity index (χ2v) is 7.50. The predicted octanol–water partition coefficient (Wildman–Crippen LogP) is 4.08. The molecular formula is C21H20N2O3S. The van der Waals surface area contributed by atoms with Gasteiger partial charge in [-0.1, -0.05) is 42.5 Å². The molecule has 6 heteroatoms. The van der Waals surface area contributed by atoms with Crippen LogP contribution in [0.1, 0.15) is 11.6 Å². The van der Waals surface area contributed by atoms with Gasteiger partial charge in [-0.25, -0.2) is 4.79 Å². The molecule has 1 atom stereocenters. The number of nitrogens with one attached hydrogen (secondary N) is 1. The van der Waals surface area contributed by atoms with Crippen molar-refractivity contribution in [3.05, 3.63) is 66.5 Å². The third-order valence-corrected chi connectivity index (χ3v) is 5.83. The minimum atomic E-state index is -0.869. The summed E-state index contributed by atoms with van der Waals surface area (Å²) in [6, 6.07) is 15.1. The van der Waals surface area contributed by atoms with E-state index < -0.39 is 12.0 Å². The minimum absolute atomic E-state index is 0.0460. The number of rotatable bonds is 7. The van der Waals surface area contributed by atoms with Crippen molar-refractivity contribution in [2.75, 3.05) is 12.4 Å². The van der Waals surface area contributed by atoms with Gasteiger partial charge in [0.05, 0.1) is 11.6 Å². The van der Waals surface area contributed by atoms with Crippen molar-refractivity contribution < 1.29 is 15.0 Å². The molecule has 0 saturated carbocycles.